The van der Waals surface area contributed by atoms with Crippen molar-refractivity contribution in [2.75, 3.05) is 26.7 Å². The molecule has 34 heavy (non-hydrogen) atoms. The maximum absolute atomic E-state index is 14.2. The first-order valence-corrected chi connectivity index (χ1v) is 12.1. The lowest BCUT2D eigenvalue weighted by Crippen LogP contribution is -2.45. The van der Waals surface area contributed by atoms with E-state index in [-0.39, 0.29) is 50.7 Å². The Labute approximate surface area is 208 Å². The Morgan fingerprint density at radius 3 is 2.62 bits per heavy atom. The molecule has 2 amide bonds. The largest absolute Gasteiger partial charge is 0.491 e. The molecule has 1 unspecified atom stereocenters. The third-order valence-corrected chi connectivity index (χ3v) is 7.15. The molecule has 182 valence electrons. The van der Waals surface area contributed by atoms with Crippen LogP contribution < -0.4 is 20.8 Å². The van der Waals surface area contributed by atoms with Gasteiger partial charge in [-0.2, -0.15) is 0 Å². The van der Waals surface area contributed by atoms with Crippen molar-refractivity contribution in [3.8, 4) is 5.75 Å². The number of hydrogen-bond acceptors (Lipinski definition) is 5. The second-order valence-electron chi connectivity index (χ2n) is 8.23. The number of amides is 2. The number of ether oxygens (including phenoxy) is 1. The van der Waals surface area contributed by atoms with Gasteiger partial charge in [0.15, 0.2) is 11.4 Å². The number of hydrogen-bond donors (Lipinski definition) is 2. The number of rotatable bonds is 7. The quantitative estimate of drug-likeness (QED) is 0.385. The number of benzene rings is 1. The molecule has 1 aromatic heterocycles. The molecule has 0 radical (unpaired) electrons. The van der Waals surface area contributed by atoms with E-state index >= 15 is 0 Å². The van der Waals surface area contributed by atoms with Gasteiger partial charge >= 0.3 is 0 Å². The Kier molecular flexibility index (Phi) is 6.94. The molecule has 2 aliphatic heterocycles. The van der Waals surface area contributed by atoms with Gasteiger partial charge in [-0.1, -0.05) is 6.92 Å². The van der Waals surface area contributed by atoms with Gasteiger partial charge in [-0.25, -0.2) is 8.78 Å². The van der Waals surface area contributed by atoms with Gasteiger partial charge < -0.3 is 24.8 Å². The van der Waals surface area contributed by atoms with Gasteiger partial charge in [0.25, 0.3) is 11.8 Å². The number of methoxy groups -OCH3 is 1. The number of halogens is 3. The second-order valence-corrected chi connectivity index (χ2v) is 9.39. The summed E-state index contributed by atoms with van der Waals surface area (Å²) in [6, 6.07) is 1.63. The molecular weight excluding hydrogens is 561 g/mol. The van der Waals surface area contributed by atoms with E-state index in [9.17, 15) is 23.2 Å². The van der Waals surface area contributed by atoms with E-state index in [1.807, 2.05) is 13.8 Å². The average Bonchev–Trinajstić information content (AvgIpc) is 3.15. The minimum Gasteiger partial charge on any atom is -0.491 e. The van der Waals surface area contributed by atoms with E-state index < -0.39 is 23.0 Å². The fourth-order valence-electron chi connectivity index (χ4n) is 4.81. The Morgan fingerprint density at radius 1 is 1.24 bits per heavy atom. The van der Waals surface area contributed by atoms with E-state index in [1.54, 1.807) is 32.1 Å². The minimum atomic E-state index is -0.793. The average molecular weight is 586 g/mol. The first-order chi connectivity index (χ1) is 16.2. The van der Waals surface area contributed by atoms with Crippen molar-refractivity contribution in [1.82, 2.24) is 20.1 Å². The molecule has 0 spiro atoms. The van der Waals surface area contributed by atoms with Crippen molar-refractivity contribution in [1.29, 1.82) is 0 Å². The fraction of sp³-hybridized carbons (Fsp3) is 0.435. The predicted molar refractivity (Wildman–Crippen MR) is 129 cm³/mol. The summed E-state index contributed by atoms with van der Waals surface area (Å²) in [6.45, 7) is 5.09. The Hall–Kier alpha value is -2.54. The van der Waals surface area contributed by atoms with E-state index in [0.717, 1.165) is 6.07 Å². The third kappa shape index (κ3) is 3.98. The zero-order chi connectivity index (χ0) is 24.7. The molecule has 2 N–H and O–H groups in total. The van der Waals surface area contributed by atoms with Crippen LogP contribution in [-0.4, -0.2) is 48.0 Å². The topological polar surface area (TPSA) is 92.7 Å². The number of carbonyl (C=O) groups is 2. The second kappa shape index (κ2) is 9.61. The molecule has 0 aliphatic carbocycles. The molecule has 2 aromatic rings. The van der Waals surface area contributed by atoms with Gasteiger partial charge in [-0.3, -0.25) is 14.4 Å². The smallest absolute Gasteiger partial charge is 0.274 e. The summed E-state index contributed by atoms with van der Waals surface area (Å²) in [5.74, 6) is -2.69. The van der Waals surface area contributed by atoms with Crippen molar-refractivity contribution >= 4 is 34.4 Å². The maximum atomic E-state index is 14.2. The fourth-order valence-corrected chi connectivity index (χ4v) is 5.34. The molecule has 3 heterocycles. The highest BCUT2D eigenvalue weighted by molar-refractivity contribution is 14.1. The lowest BCUT2D eigenvalue weighted by atomic mass is 10.0. The number of aromatic nitrogens is 1. The molecule has 8 nitrogen and oxygen atoms in total. The normalized spacial score (nSPS) is 18.8. The van der Waals surface area contributed by atoms with E-state index in [1.165, 1.54) is 13.2 Å². The molecule has 0 bridgehead atoms. The molecule has 11 heteroatoms. The molecule has 0 saturated carbocycles. The number of nitrogens with one attached hydrogen (secondary N) is 2. The monoisotopic (exact) mass is 586 g/mol. The van der Waals surface area contributed by atoms with Crippen LogP contribution >= 0.6 is 22.6 Å². The highest BCUT2D eigenvalue weighted by Gasteiger charge is 2.45. The van der Waals surface area contributed by atoms with Gasteiger partial charge in [0.2, 0.25) is 5.43 Å². The number of nitrogens with zero attached hydrogens (tertiary/aromatic N) is 2. The lowest BCUT2D eigenvalue weighted by Gasteiger charge is -2.34. The summed E-state index contributed by atoms with van der Waals surface area (Å²) in [5.41, 5.74) is -0.148. The number of pyridine rings is 1. The summed E-state index contributed by atoms with van der Waals surface area (Å²) in [7, 11) is 1.29. The third-order valence-electron chi connectivity index (χ3n) is 6.32. The molecule has 2 aliphatic rings. The minimum absolute atomic E-state index is 0.0930. The van der Waals surface area contributed by atoms with Crippen LogP contribution in [0.15, 0.2) is 16.9 Å². The molecule has 0 fully saturated rings. The molecule has 0 saturated heterocycles. The number of likely N-dealkylation sites (N-methyl/N-ethyl adjacent to an activating group) is 1. The molecule has 1 aromatic carbocycles. The van der Waals surface area contributed by atoms with Crippen LogP contribution in [0.3, 0.4) is 0 Å². The summed E-state index contributed by atoms with van der Waals surface area (Å²) in [5, 5.41) is 5.90. The SMILES string of the molecule is CCNC1C[C@@H]2CN(CC)C(=O)c3c(OC)c(=O)c(C(=O)NCc4cc(I)c(F)cc4F)c1n32. The first kappa shape index (κ1) is 24.6. The van der Waals surface area contributed by atoms with Crippen molar-refractivity contribution in [3.05, 3.63) is 60.1 Å². The van der Waals surface area contributed by atoms with Crippen molar-refractivity contribution in [2.45, 2.75) is 38.9 Å². The summed E-state index contributed by atoms with van der Waals surface area (Å²) >= 11 is 1.74. The van der Waals surface area contributed by atoms with E-state index in [4.69, 9.17) is 4.74 Å². The highest BCUT2D eigenvalue weighted by atomic mass is 127. The first-order valence-electron chi connectivity index (χ1n) is 11.0. The van der Waals surface area contributed by atoms with E-state index in [2.05, 4.69) is 10.6 Å². The van der Waals surface area contributed by atoms with Crippen LogP contribution in [-0.2, 0) is 6.54 Å². The summed E-state index contributed by atoms with van der Waals surface area (Å²) in [4.78, 5) is 41.6. The van der Waals surface area contributed by atoms with Crippen LogP contribution in [0.2, 0.25) is 0 Å². The lowest BCUT2D eigenvalue weighted by molar-refractivity contribution is 0.0674. The zero-order valence-electron chi connectivity index (χ0n) is 19.0. The summed E-state index contributed by atoms with van der Waals surface area (Å²) in [6.07, 6.45) is 0.599. The van der Waals surface area contributed by atoms with Crippen LogP contribution in [0.4, 0.5) is 8.78 Å². The molecular formula is C23H25F2IN4O4. The van der Waals surface area contributed by atoms with Gasteiger partial charge in [0.05, 0.1) is 24.9 Å². The predicted octanol–water partition coefficient (Wildman–Crippen LogP) is 2.74. The van der Waals surface area contributed by atoms with Crippen molar-refractivity contribution in [2.24, 2.45) is 0 Å². The highest BCUT2D eigenvalue weighted by Crippen LogP contribution is 2.42. The van der Waals surface area contributed by atoms with Gasteiger partial charge in [-0.05, 0) is 48.5 Å². The molecule has 4 rings (SSSR count). The zero-order valence-corrected chi connectivity index (χ0v) is 21.2. The standard InChI is InChI=1S/C23H25F2IN4O4/c1-4-27-16-7-12-10-29(5-2)23(33)19-21(34-3)20(31)17(18(16)30(12)19)22(32)28-9-11-6-15(26)14(25)8-13(11)24/h6,8,12,16,27H,4-5,7,9-10H2,1-3H3,(H,28,32)/t12-,16?/m1/s1. The number of carbonyl (C=O) groups excluding carboxylic acids is 2. The van der Waals surface area contributed by atoms with Gasteiger partial charge in [0, 0.05) is 34.8 Å². The maximum Gasteiger partial charge on any atom is 0.274 e. The molecule has 2 atom stereocenters. The van der Waals surface area contributed by atoms with E-state index in [0.29, 0.717) is 31.7 Å². The van der Waals surface area contributed by atoms with Crippen LogP contribution in [0.25, 0.3) is 0 Å². The Bertz CT molecular complexity index is 1230. The van der Waals surface area contributed by atoms with Crippen molar-refractivity contribution in [3.63, 3.8) is 0 Å². The van der Waals surface area contributed by atoms with Crippen molar-refractivity contribution < 1.29 is 23.1 Å². The van der Waals surface area contributed by atoms with Crippen LogP contribution in [0.5, 0.6) is 5.75 Å². The Morgan fingerprint density at radius 2 is 1.97 bits per heavy atom. The summed E-state index contributed by atoms with van der Waals surface area (Å²) < 4.78 is 35.1. The Balaban J connectivity index is 1.81. The van der Waals surface area contributed by atoms with Crippen LogP contribution in [0, 0.1) is 15.2 Å². The van der Waals surface area contributed by atoms with Gasteiger partial charge in [-0.15, -0.1) is 0 Å². The van der Waals surface area contributed by atoms with Crippen LogP contribution in [0.1, 0.15) is 64.5 Å². The van der Waals surface area contributed by atoms with Gasteiger partial charge in [0.1, 0.15) is 17.2 Å².